The normalized spacial score (nSPS) is 14.0. The van der Waals surface area contributed by atoms with Crippen LogP contribution >= 0.6 is 0 Å². The van der Waals surface area contributed by atoms with Gasteiger partial charge in [0.1, 0.15) is 22.7 Å². The minimum Gasteiger partial charge on any atom is -0.372 e. The Bertz CT molecular complexity index is 1710. The number of rotatable bonds is 6. The van der Waals surface area contributed by atoms with Crippen molar-refractivity contribution >= 4 is 21.9 Å². The molecule has 5 aromatic rings. The van der Waals surface area contributed by atoms with Gasteiger partial charge in [-0.1, -0.05) is 6.07 Å². The van der Waals surface area contributed by atoms with E-state index in [1.165, 1.54) is 48.3 Å². The average Bonchev–Trinajstić information content (AvgIpc) is 3.49. The quantitative estimate of drug-likeness (QED) is 0.197. The largest absolute Gasteiger partial charge is 0.425 e. The lowest BCUT2D eigenvalue weighted by atomic mass is 9.86. The van der Waals surface area contributed by atoms with E-state index in [0.29, 0.717) is 11.2 Å². The van der Waals surface area contributed by atoms with Gasteiger partial charge < -0.3 is 20.3 Å². The molecule has 0 saturated heterocycles. The van der Waals surface area contributed by atoms with Gasteiger partial charge in [-0.3, -0.25) is 9.36 Å². The topological polar surface area (TPSA) is 129 Å². The van der Waals surface area contributed by atoms with E-state index in [9.17, 15) is 37.7 Å². The van der Waals surface area contributed by atoms with Crippen molar-refractivity contribution in [3.05, 3.63) is 88.0 Å². The van der Waals surface area contributed by atoms with Gasteiger partial charge >= 0.3 is 6.18 Å². The Morgan fingerprint density at radius 2 is 1.82 bits per heavy atom. The summed E-state index contributed by atoms with van der Waals surface area (Å²) >= 11 is 0. The first-order valence-corrected chi connectivity index (χ1v) is 11.4. The van der Waals surface area contributed by atoms with E-state index in [1.807, 2.05) is 0 Å². The number of hydrogen-bond donors (Lipinski definition) is 4. The summed E-state index contributed by atoms with van der Waals surface area (Å²) in [6, 6.07) is 8.97. The molecular weight excluding hydrogens is 510 g/mol. The van der Waals surface area contributed by atoms with Gasteiger partial charge in [-0.2, -0.15) is 18.3 Å². The molecule has 0 spiro atoms. The van der Waals surface area contributed by atoms with Crippen molar-refractivity contribution in [3.8, 4) is 5.69 Å². The van der Waals surface area contributed by atoms with Gasteiger partial charge in [-0.15, -0.1) is 0 Å². The number of aromatic amines is 1. The molecule has 9 nitrogen and oxygen atoms in total. The van der Waals surface area contributed by atoms with E-state index < -0.39 is 46.1 Å². The zero-order valence-electron chi connectivity index (χ0n) is 19.7. The molecule has 0 radical (unpaired) electrons. The third-order valence-electron chi connectivity index (χ3n) is 6.48. The Kier molecular flexibility index (Phi) is 6.09. The first-order chi connectivity index (χ1) is 17.9. The number of nitrogens with one attached hydrogen (secondary N) is 1. The van der Waals surface area contributed by atoms with Crippen molar-refractivity contribution < 1.29 is 32.9 Å². The maximum absolute atomic E-state index is 14.6. The number of aliphatic hydroxyl groups is 3. The van der Waals surface area contributed by atoms with E-state index in [4.69, 9.17) is 0 Å². The standard InChI is InChI=1S/C25H21F4N5O4/c1-33-19(8-9-20(35)36)32-21-17(12-30-22(21)23(33)37)24(38,25(27,28)29)14-2-7-18-13(10-14)11-31-34(18)16-5-3-15(26)4-6-16/h2-7,10-12,20,30,35-36,38H,8-9H2,1H3. The van der Waals surface area contributed by atoms with Gasteiger partial charge in [-0.05, 0) is 42.0 Å². The zero-order valence-corrected chi connectivity index (χ0v) is 19.7. The Hall–Kier alpha value is -4.07. The van der Waals surface area contributed by atoms with E-state index >= 15 is 0 Å². The summed E-state index contributed by atoms with van der Waals surface area (Å²) in [5, 5.41) is 34.1. The zero-order chi connectivity index (χ0) is 27.4. The van der Waals surface area contributed by atoms with Crippen LogP contribution < -0.4 is 5.56 Å². The molecule has 2 aromatic carbocycles. The van der Waals surface area contributed by atoms with Crippen LogP contribution in [0.15, 0.2) is 59.7 Å². The average molecular weight is 531 g/mol. The van der Waals surface area contributed by atoms with E-state index in [1.54, 1.807) is 0 Å². The number of benzene rings is 2. The summed E-state index contributed by atoms with van der Waals surface area (Å²) in [6.45, 7) is 0. The first-order valence-electron chi connectivity index (χ1n) is 11.4. The van der Waals surface area contributed by atoms with E-state index in [-0.39, 0.29) is 29.6 Å². The van der Waals surface area contributed by atoms with Crippen LogP contribution in [0.4, 0.5) is 17.6 Å². The second-order valence-corrected chi connectivity index (χ2v) is 8.85. The Morgan fingerprint density at radius 1 is 1.11 bits per heavy atom. The fourth-order valence-corrected chi connectivity index (χ4v) is 4.46. The van der Waals surface area contributed by atoms with Crippen LogP contribution in [0.2, 0.25) is 0 Å². The Morgan fingerprint density at radius 3 is 2.47 bits per heavy atom. The molecule has 1 atom stereocenters. The lowest BCUT2D eigenvalue weighted by molar-refractivity contribution is -0.247. The number of aromatic nitrogens is 5. The highest BCUT2D eigenvalue weighted by Gasteiger charge is 2.58. The lowest BCUT2D eigenvalue weighted by Gasteiger charge is -2.30. The highest BCUT2D eigenvalue weighted by atomic mass is 19.4. The van der Waals surface area contributed by atoms with Crippen molar-refractivity contribution in [1.82, 2.24) is 24.3 Å². The van der Waals surface area contributed by atoms with Gasteiger partial charge in [0.15, 0.2) is 6.29 Å². The van der Waals surface area contributed by atoms with Crippen LogP contribution in [0.25, 0.3) is 27.6 Å². The molecule has 3 aromatic heterocycles. The SMILES string of the molecule is Cn1c(CCC(O)O)nc2c(C(O)(c3ccc4c(cnn4-c4ccc(F)cc4)c3)C(F)(F)F)c[nH]c2c1=O. The lowest BCUT2D eigenvalue weighted by Crippen LogP contribution is -2.43. The number of halogens is 4. The van der Waals surface area contributed by atoms with Gasteiger partial charge in [0.2, 0.25) is 5.60 Å². The molecule has 0 aliphatic carbocycles. The Labute approximate surface area is 211 Å². The summed E-state index contributed by atoms with van der Waals surface area (Å²) in [4.78, 5) is 19.5. The first kappa shape index (κ1) is 25.6. The third kappa shape index (κ3) is 4.04. The fraction of sp³-hybridized carbons (Fsp3) is 0.240. The molecule has 4 N–H and O–H groups in total. The molecule has 0 bridgehead atoms. The second kappa shape index (κ2) is 9.04. The molecular formula is C25H21F4N5O4. The van der Waals surface area contributed by atoms with Crippen LogP contribution in [-0.4, -0.2) is 52.1 Å². The van der Waals surface area contributed by atoms with Crippen molar-refractivity contribution in [1.29, 1.82) is 0 Å². The number of hydrogen-bond acceptors (Lipinski definition) is 6. The summed E-state index contributed by atoms with van der Waals surface area (Å²) in [5.74, 6) is -0.447. The van der Waals surface area contributed by atoms with Crippen molar-refractivity contribution in [2.45, 2.75) is 30.9 Å². The second-order valence-electron chi connectivity index (χ2n) is 8.85. The number of nitrogens with zero attached hydrogens (tertiary/aromatic N) is 4. The molecule has 0 saturated carbocycles. The summed E-state index contributed by atoms with van der Waals surface area (Å²) in [5.41, 5.74) is -5.21. The molecule has 1 unspecified atom stereocenters. The molecule has 198 valence electrons. The van der Waals surface area contributed by atoms with Crippen molar-refractivity contribution in [2.24, 2.45) is 7.05 Å². The summed E-state index contributed by atoms with van der Waals surface area (Å²) in [7, 11) is 1.36. The molecule has 38 heavy (non-hydrogen) atoms. The molecule has 5 rings (SSSR count). The van der Waals surface area contributed by atoms with Crippen molar-refractivity contribution in [3.63, 3.8) is 0 Å². The summed E-state index contributed by atoms with van der Waals surface area (Å²) < 4.78 is 59.7. The monoisotopic (exact) mass is 531 g/mol. The van der Waals surface area contributed by atoms with Crippen LogP contribution in [0.5, 0.6) is 0 Å². The Balaban J connectivity index is 1.68. The maximum atomic E-state index is 14.6. The fourth-order valence-electron chi connectivity index (χ4n) is 4.46. The highest BCUT2D eigenvalue weighted by Crippen LogP contribution is 2.46. The third-order valence-corrected chi connectivity index (χ3v) is 6.48. The number of aryl methyl sites for hydroxylation is 1. The van der Waals surface area contributed by atoms with Crippen molar-refractivity contribution in [2.75, 3.05) is 0 Å². The van der Waals surface area contributed by atoms with Crippen LogP contribution in [-0.2, 0) is 19.1 Å². The number of fused-ring (bicyclic) bond motifs is 2. The van der Waals surface area contributed by atoms with Gasteiger partial charge in [0.25, 0.3) is 5.56 Å². The van der Waals surface area contributed by atoms with E-state index in [0.717, 1.165) is 22.9 Å². The number of H-pyrrole nitrogens is 1. The molecule has 3 heterocycles. The minimum absolute atomic E-state index is 0.0111. The molecule has 0 aliphatic rings. The van der Waals surface area contributed by atoms with Crippen LogP contribution in [0.3, 0.4) is 0 Å². The highest BCUT2D eigenvalue weighted by molar-refractivity contribution is 5.83. The molecule has 0 amide bonds. The molecule has 13 heteroatoms. The minimum atomic E-state index is -5.23. The van der Waals surface area contributed by atoms with Gasteiger partial charge in [-0.25, -0.2) is 14.1 Å². The molecule has 0 fully saturated rings. The smallest absolute Gasteiger partial charge is 0.372 e. The van der Waals surface area contributed by atoms with Gasteiger partial charge in [0, 0.05) is 37.0 Å². The van der Waals surface area contributed by atoms with Crippen LogP contribution in [0, 0.1) is 5.82 Å². The predicted octanol–water partition coefficient (Wildman–Crippen LogP) is 2.78. The number of alkyl halides is 3. The molecule has 0 aliphatic heterocycles. The summed E-state index contributed by atoms with van der Waals surface area (Å²) in [6.07, 6.45) is -5.04. The van der Waals surface area contributed by atoms with E-state index in [2.05, 4.69) is 15.1 Å². The van der Waals surface area contributed by atoms with Gasteiger partial charge in [0.05, 0.1) is 17.4 Å². The maximum Gasteiger partial charge on any atom is 0.425 e. The predicted molar refractivity (Wildman–Crippen MR) is 128 cm³/mol. The van der Waals surface area contributed by atoms with Crippen LogP contribution in [0.1, 0.15) is 23.4 Å². The number of aliphatic hydroxyl groups excluding tert-OH is 1.